The van der Waals surface area contributed by atoms with E-state index in [0.717, 1.165) is 0 Å². The maximum Gasteiger partial charge on any atom is 0.395 e. The largest absolute Gasteiger partial charge is 0.395 e. The molecule has 0 radical (unpaired) electrons. The van der Waals surface area contributed by atoms with Gasteiger partial charge < -0.3 is 0 Å². The predicted octanol–water partition coefficient (Wildman–Crippen LogP) is 3.30. The molecule has 0 atom stereocenters. The first-order valence-corrected chi connectivity index (χ1v) is 3.57. The molecule has 0 saturated heterocycles. The standard InChI is InChI=1S/C2Cl2F4S/c3-1(5,6)2(7,8)9-4. The Bertz CT molecular complexity index is 99.2. The molecule has 0 aromatic carbocycles. The van der Waals surface area contributed by atoms with Crippen molar-refractivity contribution >= 4 is 33.3 Å². The lowest BCUT2D eigenvalue weighted by Crippen LogP contribution is -2.30. The van der Waals surface area contributed by atoms with E-state index >= 15 is 0 Å². The van der Waals surface area contributed by atoms with E-state index in [1.165, 1.54) is 0 Å². The Morgan fingerprint density at radius 3 is 1.44 bits per heavy atom. The molecule has 0 spiro atoms. The first-order valence-electron chi connectivity index (χ1n) is 1.55. The molecule has 0 unspecified atom stereocenters. The quantitative estimate of drug-likeness (QED) is 0.490. The third kappa shape index (κ3) is 2.39. The number of alkyl halides is 5. The highest BCUT2D eigenvalue weighted by Crippen LogP contribution is 2.47. The van der Waals surface area contributed by atoms with Crippen molar-refractivity contribution in [3.63, 3.8) is 0 Å². The summed E-state index contributed by atoms with van der Waals surface area (Å²) in [5.41, 5.74) is 0. The minimum absolute atomic E-state index is 0.809. The molecule has 0 amide bonds. The Morgan fingerprint density at radius 1 is 1.11 bits per heavy atom. The van der Waals surface area contributed by atoms with Gasteiger partial charge in [0.05, 0.1) is 0 Å². The first-order chi connectivity index (χ1) is 3.81. The van der Waals surface area contributed by atoms with Gasteiger partial charge in [0.15, 0.2) is 0 Å². The van der Waals surface area contributed by atoms with Gasteiger partial charge in [0.2, 0.25) is 0 Å². The van der Waals surface area contributed by atoms with Gasteiger partial charge >= 0.3 is 10.6 Å². The van der Waals surface area contributed by atoms with Crippen LogP contribution in [0.1, 0.15) is 0 Å². The van der Waals surface area contributed by atoms with Gasteiger partial charge in [0.25, 0.3) is 0 Å². The van der Waals surface area contributed by atoms with Crippen molar-refractivity contribution in [2.75, 3.05) is 0 Å². The predicted molar refractivity (Wildman–Crippen MR) is 29.2 cm³/mol. The molecular formula is C2Cl2F4S. The smallest absolute Gasteiger partial charge is 0.184 e. The molecule has 0 aliphatic carbocycles. The molecule has 0 nitrogen and oxygen atoms in total. The van der Waals surface area contributed by atoms with Crippen LogP contribution >= 0.6 is 33.3 Å². The molecule has 0 fully saturated rings. The van der Waals surface area contributed by atoms with Crippen LogP contribution in [0, 0.1) is 0 Å². The van der Waals surface area contributed by atoms with Gasteiger partial charge in [-0.1, -0.05) is 0 Å². The van der Waals surface area contributed by atoms with Gasteiger partial charge in [-0.3, -0.25) is 0 Å². The number of hydrogen-bond donors (Lipinski definition) is 0. The minimum atomic E-state index is -4.58. The summed E-state index contributed by atoms with van der Waals surface area (Å²) in [5.74, 6) is 0. The third-order valence-corrected chi connectivity index (χ3v) is 1.81. The molecular weight excluding hydrogens is 203 g/mol. The van der Waals surface area contributed by atoms with Gasteiger partial charge in [-0.2, -0.15) is 17.6 Å². The van der Waals surface area contributed by atoms with E-state index in [0.29, 0.717) is 0 Å². The molecule has 0 saturated carbocycles. The molecule has 0 aliphatic rings. The van der Waals surface area contributed by atoms with Crippen molar-refractivity contribution in [1.29, 1.82) is 0 Å². The fourth-order valence-electron chi connectivity index (χ4n) is 0.0437. The van der Waals surface area contributed by atoms with Crippen LogP contribution < -0.4 is 0 Å². The van der Waals surface area contributed by atoms with Gasteiger partial charge in [-0.05, 0) is 22.3 Å². The average Bonchev–Trinajstić information content (AvgIpc) is 1.64. The molecule has 0 rings (SSSR count). The normalized spacial score (nSPS) is 14.0. The second kappa shape index (κ2) is 2.72. The molecule has 0 aliphatic heterocycles. The average molecular weight is 203 g/mol. The zero-order chi connectivity index (χ0) is 7.71. The summed E-state index contributed by atoms with van der Waals surface area (Å²) in [6.07, 6.45) is 0. The second-order valence-corrected chi connectivity index (χ2v) is 2.70. The van der Waals surface area contributed by atoms with E-state index in [1.807, 2.05) is 0 Å². The zero-order valence-electron chi connectivity index (χ0n) is 3.68. The summed E-state index contributed by atoms with van der Waals surface area (Å²) in [4.78, 5) is 0. The van der Waals surface area contributed by atoms with Crippen molar-refractivity contribution < 1.29 is 17.6 Å². The summed E-state index contributed by atoms with van der Waals surface area (Å²) >= 11 is 3.94. The van der Waals surface area contributed by atoms with Crippen LogP contribution in [-0.2, 0) is 0 Å². The maximum atomic E-state index is 11.6. The second-order valence-electron chi connectivity index (χ2n) is 1.09. The fourth-order valence-corrected chi connectivity index (χ4v) is 0.656. The molecule has 0 bridgehead atoms. The van der Waals surface area contributed by atoms with Crippen molar-refractivity contribution in [1.82, 2.24) is 0 Å². The molecule has 0 heterocycles. The van der Waals surface area contributed by atoms with Crippen LogP contribution in [0.4, 0.5) is 17.6 Å². The van der Waals surface area contributed by atoms with Gasteiger partial charge in [0, 0.05) is 11.0 Å². The Labute approximate surface area is 62.0 Å². The monoisotopic (exact) mass is 202 g/mol. The third-order valence-electron chi connectivity index (χ3n) is 0.427. The number of hydrogen-bond acceptors (Lipinski definition) is 1. The highest BCUT2D eigenvalue weighted by molar-refractivity contribution is 8.22. The van der Waals surface area contributed by atoms with E-state index in [-0.39, 0.29) is 0 Å². The van der Waals surface area contributed by atoms with Crippen LogP contribution in [0.15, 0.2) is 0 Å². The fraction of sp³-hybridized carbons (Fsp3) is 1.00. The SMILES string of the molecule is FC(F)(Cl)C(F)(F)SCl. The van der Waals surface area contributed by atoms with Crippen molar-refractivity contribution in [3.8, 4) is 0 Å². The molecule has 7 heteroatoms. The van der Waals surface area contributed by atoms with Crippen molar-refractivity contribution in [2.24, 2.45) is 0 Å². The minimum Gasteiger partial charge on any atom is -0.184 e. The maximum absolute atomic E-state index is 11.6. The van der Waals surface area contributed by atoms with E-state index in [9.17, 15) is 17.6 Å². The summed E-state index contributed by atoms with van der Waals surface area (Å²) < 4.78 is 46.0. The van der Waals surface area contributed by atoms with E-state index < -0.39 is 21.6 Å². The van der Waals surface area contributed by atoms with E-state index in [4.69, 9.17) is 0 Å². The lowest BCUT2D eigenvalue weighted by atomic mass is 10.7. The highest BCUT2D eigenvalue weighted by Gasteiger charge is 2.55. The Hall–Kier alpha value is 0.650. The number of halogens is 6. The Balaban J connectivity index is 4.14. The summed E-state index contributed by atoms with van der Waals surface area (Å²) in [6.45, 7) is 0. The van der Waals surface area contributed by atoms with Gasteiger partial charge in [-0.15, -0.1) is 0 Å². The van der Waals surface area contributed by atoms with E-state index in [1.54, 1.807) is 0 Å². The first kappa shape index (κ1) is 9.65. The van der Waals surface area contributed by atoms with Crippen LogP contribution in [0.25, 0.3) is 0 Å². The van der Waals surface area contributed by atoms with Crippen LogP contribution in [-0.4, -0.2) is 10.6 Å². The molecule has 9 heavy (non-hydrogen) atoms. The molecule has 0 aromatic heterocycles. The van der Waals surface area contributed by atoms with Crippen LogP contribution in [0.3, 0.4) is 0 Å². The van der Waals surface area contributed by atoms with Gasteiger partial charge in [0.1, 0.15) is 0 Å². The lowest BCUT2D eigenvalue weighted by molar-refractivity contribution is -0.0888. The van der Waals surface area contributed by atoms with Crippen molar-refractivity contribution in [2.45, 2.75) is 10.6 Å². The summed E-state index contributed by atoms with van der Waals surface area (Å²) in [7, 11) is 3.57. The molecule has 56 valence electrons. The summed E-state index contributed by atoms with van der Waals surface area (Å²) in [5, 5.41) is -8.99. The zero-order valence-corrected chi connectivity index (χ0v) is 6.00. The van der Waals surface area contributed by atoms with E-state index in [2.05, 4.69) is 22.3 Å². The summed E-state index contributed by atoms with van der Waals surface area (Å²) in [6, 6.07) is 0. The number of rotatable bonds is 2. The van der Waals surface area contributed by atoms with Crippen LogP contribution in [0.2, 0.25) is 0 Å². The molecule has 0 aromatic rings. The molecule has 0 N–H and O–H groups in total. The topological polar surface area (TPSA) is 0 Å². The Kier molecular flexibility index (Phi) is 2.91. The lowest BCUT2D eigenvalue weighted by Gasteiger charge is -2.15. The van der Waals surface area contributed by atoms with Crippen molar-refractivity contribution in [3.05, 3.63) is 0 Å². The highest BCUT2D eigenvalue weighted by atomic mass is 35.7. The Morgan fingerprint density at radius 2 is 1.44 bits per heavy atom. The van der Waals surface area contributed by atoms with Gasteiger partial charge in [-0.25, -0.2) is 0 Å². The van der Waals surface area contributed by atoms with Crippen LogP contribution in [0.5, 0.6) is 0 Å².